The molecule has 1 nitrogen and oxygen atoms in total. The maximum atomic E-state index is 12.1. The Morgan fingerprint density at radius 3 is 2.07 bits per heavy atom. The summed E-state index contributed by atoms with van der Waals surface area (Å²) in [6.45, 7) is 4.93. The Kier molecular flexibility index (Phi) is 2.29. The monoisotopic (exact) mass is 207 g/mol. The van der Waals surface area contributed by atoms with Gasteiger partial charge >= 0.3 is 6.18 Å². The molecule has 2 rings (SSSR count). The highest BCUT2D eigenvalue weighted by atomic mass is 19.4. The SMILES string of the molecule is CC(C)C1C2CN(CC(F)(F)F)CC21. The van der Waals surface area contributed by atoms with Gasteiger partial charge in [-0.05, 0) is 23.7 Å². The molecule has 0 spiro atoms. The van der Waals surface area contributed by atoms with E-state index in [-0.39, 0.29) is 0 Å². The summed E-state index contributed by atoms with van der Waals surface area (Å²) in [7, 11) is 0. The van der Waals surface area contributed by atoms with Crippen molar-refractivity contribution in [3.63, 3.8) is 0 Å². The van der Waals surface area contributed by atoms with E-state index >= 15 is 0 Å². The maximum absolute atomic E-state index is 12.1. The van der Waals surface area contributed by atoms with E-state index < -0.39 is 12.7 Å². The topological polar surface area (TPSA) is 3.24 Å². The number of rotatable bonds is 2. The van der Waals surface area contributed by atoms with E-state index in [9.17, 15) is 13.2 Å². The van der Waals surface area contributed by atoms with Crippen molar-refractivity contribution >= 4 is 0 Å². The van der Waals surface area contributed by atoms with Gasteiger partial charge < -0.3 is 0 Å². The number of hydrogen-bond acceptors (Lipinski definition) is 1. The minimum Gasteiger partial charge on any atom is -0.294 e. The van der Waals surface area contributed by atoms with E-state index in [1.54, 1.807) is 4.90 Å². The van der Waals surface area contributed by atoms with Crippen LogP contribution in [0, 0.1) is 23.7 Å². The van der Waals surface area contributed by atoms with E-state index in [1.165, 1.54) is 0 Å². The Morgan fingerprint density at radius 1 is 1.21 bits per heavy atom. The normalized spacial score (nSPS) is 37.7. The second-order valence-electron chi connectivity index (χ2n) is 4.96. The lowest BCUT2D eigenvalue weighted by Gasteiger charge is -2.21. The average molecular weight is 207 g/mol. The van der Waals surface area contributed by atoms with E-state index in [0.29, 0.717) is 36.8 Å². The molecule has 4 heteroatoms. The van der Waals surface area contributed by atoms with Crippen LogP contribution in [-0.4, -0.2) is 30.7 Å². The van der Waals surface area contributed by atoms with Gasteiger partial charge in [0.15, 0.2) is 0 Å². The summed E-state index contributed by atoms with van der Waals surface area (Å²) in [5, 5.41) is 0. The van der Waals surface area contributed by atoms with Gasteiger partial charge in [-0.25, -0.2) is 0 Å². The first kappa shape index (κ1) is 10.3. The Morgan fingerprint density at radius 2 is 1.71 bits per heavy atom. The Balaban J connectivity index is 1.79. The van der Waals surface area contributed by atoms with Gasteiger partial charge in [0.1, 0.15) is 0 Å². The zero-order valence-corrected chi connectivity index (χ0v) is 8.51. The van der Waals surface area contributed by atoms with Crippen LogP contribution in [0.3, 0.4) is 0 Å². The number of halogens is 3. The molecule has 0 aromatic carbocycles. The quantitative estimate of drug-likeness (QED) is 0.672. The van der Waals surface area contributed by atoms with Crippen LogP contribution in [0.5, 0.6) is 0 Å². The largest absolute Gasteiger partial charge is 0.401 e. The van der Waals surface area contributed by atoms with Gasteiger partial charge in [0.2, 0.25) is 0 Å². The van der Waals surface area contributed by atoms with Crippen LogP contribution < -0.4 is 0 Å². The summed E-state index contributed by atoms with van der Waals surface area (Å²) in [5.74, 6) is 2.44. The first-order chi connectivity index (χ1) is 6.38. The maximum Gasteiger partial charge on any atom is 0.401 e. The number of likely N-dealkylation sites (tertiary alicyclic amines) is 1. The van der Waals surface area contributed by atoms with Crippen molar-refractivity contribution in [2.75, 3.05) is 19.6 Å². The molecule has 0 bridgehead atoms. The molecule has 14 heavy (non-hydrogen) atoms. The molecule has 1 aliphatic carbocycles. The van der Waals surface area contributed by atoms with Gasteiger partial charge in [-0.1, -0.05) is 13.8 Å². The smallest absolute Gasteiger partial charge is 0.294 e. The highest BCUT2D eigenvalue weighted by Gasteiger charge is 2.57. The molecule has 0 aromatic heterocycles. The number of alkyl halides is 3. The van der Waals surface area contributed by atoms with Crippen molar-refractivity contribution in [1.29, 1.82) is 0 Å². The van der Waals surface area contributed by atoms with Crippen LogP contribution in [0.15, 0.2) is 0 Å². The van der Waals surface area contributed by atoms with E-state index in [0.717, 1.165) is 0 Å². The molecule has 0 amide bonds. The third-order valence-corrected chi connectivity index (χ3v) is 3.51. The van der Waals surface area contributed by atoms with Crippen molar-refractivity contribution < 1.29 is 13.2 Å². The summed E-state index contributed by atoms with van der Waals surface area (Å²) in [6, 6.07) is 0. The van der Waals surface area contributed by atoms with Crippen LogP contribution in [0.1, 0.15) is 13.8 Å². The molecule has 2 aliphatic rings. The molecule has 2 fully saturated rings. The zero-order chi connectivity index (χ0) is 10.5. The lowest BCUT2D eigenvalue weighted by atomic mass is 10.0. The van der Waals surface area contributed by atoms with Crippen molar-refractivity contribution in [1.82, 2.24) is 4.90 Å². The number of piperidine rings is 1. The van der Waals surface area contributed by atoms with Crippen molar-refractivity contribution in [3.05, 3.63) is 0 Å². The van der Waals surface area contributed by atoms with E-state index in [2.05, 4.69) is 13.8 Å². The third-order valence-electron chi connectivity index (χ3n) is 3.51. The van der Waals surface area contributed by atoms with Gasteiger partial charge in [-0.3, -0.25) is 4.90 Å². The zero-order valence-electron chi connectivity index (χ0n) is 8.51. The predicted octanol–water partition coefficient (Wildman–Crippen LogP) is 2.38. The van der Waals surface area contributed by atoms with Crippen LogP contribution in [0.2, 0.25) is 0 Å². The van der Waals surface area contributed by atoms with Crippen molar-refractivity contribution in [2.45, 2.75) is 20.0 Å². The molecule has 0 N–H and O–H groups in total. The minimum atomic E-state index is -4.02. The molecule has 1 saturated carbocycles. The molecule has 0 aromatic rings. The highest BCUT2D eigenvalue weighted by Crippen LogP contribution is 2.55. The second kappa shape index (κ2) is 3.12. The molecule has 2 unspecified atom stereocenters. The number of nitrogens with zero attached hydrogens (tertiary/aromatic N) is 1. The standard InChI is InChI=1S/C10H16F3N/c1-6(2)9-7-3-14(4-8(7)9)5-10(11,12)13/h6-9H,3-5H2,1-2H3. The van der Waals surface area contributed by atoms with Crippen LogP contribution in [-0.2, 0) is 0 Å². The lowest BCUT2D eigenvalue weighted by Crippen LogP contribution is -2.34. The summed E-state index contributed by atoms with van der Waals surface area (Å²) in [6.07, 6.45) is -4.02. The highest BCUT2D eigenvalue weighted by molar-refractivity contribution is 5.06. The Bertz CT molecular complexity index is 212. The first-order valence-corrected chi connectivity index (χ1v) is 5.17. The molecular weight excluding hydrogens is 191 g/mol. The summed E-state index contributed by atoms with van der Waals surface area (Å²) < 4.78 is 36.2. The molecule has 82 valence electrons. The lowest BCUT2D eigenvalue weighted by molar-refractivity contribution is -0.145. The molecular formula is C10H16F3N. The summed E-state index contributed by atoms with van der Waals surface area (Å²) >= 11 is 0. The van der Waals surface area contributed by atoms with Gasteiger partial charge in [0.25, 0.3) is 0 Å². The average Bonchev–Trinajstić information content (AvgIpc) is 2.47. The summed E-state index contributed by atoms with van der Waals surface area (Å²) in [5.41, 5.74) is 0. The van der Waals surface area contributed by atoms with Crippen LogP contribution in [0.4, 0.5) is 13.2 Å². The molecule has 1 saturated heterocycles. The van der Waals surface area contributed by atoms with Crippen molar-refractivity contribution in [3.8, 4) is 0 Å². The predicted molar refractivity (Wildman–Crippen MR) is 47.8 cm³/mol. The van der Waals surface area contributed by atoms with Gasteiger partial charge in [0, 0.05) is 13.1 Å². The molecule has 1 heterocycles. The fourth-order valence-corrected chi connectivity index (χ4v) is 3.03. The van der Waals surface area contributed by atoms with Crippen LogP contribution >= 0.6 is 0 Å². The fourth-order valence-electron chi connectivity index (χ4n) is 3.03. The van der Waals surface area contributed by atoms with Crippen molar-refractivity contribution in [2.24, 2.45) is 23.7 Å². The number of hydrogen-bond donors (Lipinski definition) is 0. The summed E-state index contributed by atoms with van der Waals surface area (Å²) in [4.78, 5) is 1.55. The Labute approximate surface area is 82.3 Å². The first-order valence-electron chi connectivity index (χ1n) is 5.17. The second-order valence-corrected chi connectivity index (χ2v) is 4.96. The molecule has 0 radical (unpaired) electrons. The molecule has 1 aliphatic heterocycles. The molecule has 2 atom stereocenters. The van der Waals surface area contributed by atoms with Gasteiger partial charge in [0.05, 0.1) is 6.54 Å². The van der Waals surface area contributed by atoms with E-state index in [1.807, 2.05) is 0 Å². The van der Waals surface area contributed by atoms with Gasteiger partial charge in [-0.15, -0.1) is 0 Å². The van der Waals surface area contributed by atoms with Gasteiger partial charge in [-0.2, -0.15) is 13.2 Å². The fraction of sp³-hybridized carbons (Fsp3) is 1.00. The Hall–Kier alpha value is -0.250. The van der Waals surface area contributed by atoms with E-state index in [4.69, 9.17) is 0 Å². The van der Waals surface area contributed by atoms with Crippen LogP contribution in [0.25, 0.3) is 0 Å². The third kappa shape index (κ3) is 1.90. The number of fused-ring (bicyclic) bond motifs is 1. The minimum absolute atomic E-state index is 0.553.